The first-order chi connectivity index (χ1) is 38.8. The second-order valence-electron chi connectivity index (χ2n) is 21.5. The molecule has 8 amide bonds. The van der Waals surface area contributed by atoms with Crippen molar-refractivity contribution >= 4 is 70.0 Å². The van der Waals surface area contributed by atoms with Gasteiger partial charge >= 0.3 is 0 Å². The summed E-state index contributed by atoms with van der Waals surface area (Å²) in [7, 11) is 0. The summed E-state index contributed by atoms with van der Waals surface area (Å²) in [5.74, 6) is -1.83. The van der Waals surface area contributed by atoms with Gasteiger partial charge in [-0.05, 0) is 156 Å². The maximum Gasteiger partial charge on any atom is 0.258 e. The molecule has 0 radical (unpaired) electrons. The van der Waals surface area contributed by atoms with Gasteiger partial charge in [0.1, 0.15) is 0 Å². The standard InChI is InChI=1S/C35H32N2O4.C33H28N2O4/c1-22-20-27(24-6-4-3-5-7-24)21-23(2)34(22)35(25-8-12-28(13-9-25)36-30(38)16-17-31(36)39)26-10-14-29(15-11-26)37-32(40)18-19-33(37)41;36-29-18-19-30(37)34(29)27-14-10-25(11-15-27)33(24-8-6-23(7-9-24)22-4-2-1-3-5-22)26-12-16-28(17-13-26)35-31(38)20-21-32(35)39/h8-21,24,35H,3-7H2,1-2H3;6-22,33H,1-5H2. The van der Waals surface area contributed by atoms with E-state index in [9.17, 15) is 38.4 Å². The third kappa shape index (κ3) is 10.6. The zero-order valence-electron chi connectivity index (χ0n) is 44.8. The minimum atomic E-state index is -0.348. The van der Waals surface area contributed by atoms with Crippen LogP contribution in [0, 0.1) is 13.8 Å². The fourth-order valence-corrected chi connectivity index (χ4v) is 12.5. The lowest BCUT2D eigenvalue weighted by molar-refractivity contribution is -0.121. The maximum atomic E-state index is 12.2. The average Bonchev–Trinajstić information content (AvgIpc) is 4.23. The molecular formula is C68H60N4O8. The van der Waals surface area contributed by atoms with Crippen LogP contribution in [0.25, 0.3) is 0 Å². The summed E-state index contributed by atoms with van der Waals surface area (Å²) in [6, 6.07) is 43.6. The van der Waals surface area contributed by atoms with Crippen LogP contribution in [0.5, 0.6) is 0 Å². The molecule has 6 aliphatic rings. The molecule has 80 heavy (non-hydrogen) atoms. The SMILES string of the molecule is Cc1cc(C2CCCCC2)cc(C)c1C(c1ccc(N2C(=O)C=CC2=O)cc1)c1ccc(N2C(=O)C=CC2=O)cc1.O=C1C=CC(=O)N1c1ccc(C(c2ccc(C3CCCCC3)cc2)c2ccc(N3C(=O)C=CC3=O)cc2)cc1. The molecule has 12 heteroatoms. The molecule has 0 aromatic heterocycles. The summed E-state index contributed by atoms with van der Waals surface area (Å²) < 4.78 is 0. The largest absolute Gasteiger partial charge is 0.269 e. The van der Waals surface area contributed by atoms with E-state index in [0.29, 0.717) is 34.6 Å². The van der Waals surface area contributed by atoms with Gasteiger partial charge in [-0.25, -0.2) is 19.6 Å². The minimum Gasteiger partial charge on any atom is -0.269 e. The monoisotopic (exact) mass is 1060 g/mol. The van der Waals surface area contributed by atoms with Crippen molar-refractivity contribution in [2.45, 2.75) is 102 Å². The normalized spacial score (nSPS) is 17.6. The summed E-state index contributed by atoms with van der Waals surface area (Å²) in [5.41, 5.74) is 13.7. The number of anilines is 4. The van der Waals surface area contributed by atoms with Crippen molar-refractivity contribution in [3.8, 4) is 0 Å². The average molecular weight is 1060 g/mol. The van der Waals surface area contributed by atoms with Gasteiger partial charge in [-0.1, -0.05) is 123 Å². The molecule has 4 heterocycles. The van der Waals surface area contributed by atoms with E-state index in [2.05, 4.69) is 50.2 Å². The maximum absolute atomic E-state index is 12.2. The van der Waals surface area contributed by atoms with Crippen LogP contribution in [0.4, 0.5) is 22.7 Å². The van der Waals surface area contributed by atoms with E-state index in [0.717, 1.165) is 37.6 Å². The van der Waals surface area contributed by atoms with Crippen LogP contribution in [0.2, 0.25) is 0 Å². The molecule has 0 atom stereocenters. The lowest BCUT2D eigenvalue weighted by atomic mass is 9.77. The number of aryl methyl sites for hydroxylation is 2. The van der Waals surface area contributed by atoms with Crippen molar-refractivity contribution in [1.82, 2.24) is 0 Å². The molecule has 12 rings (SSSR count). The second kappa shape index (κ2) is 22.7. The van der Waals surface area contributed by atoms with Crippen LogP contribution in [-0.2, 0) is 38.4 Å². The van der Waals surface area contributed by atoms with Crippen molar-refractivity contribution in [3.63, 3.8) is 0 Å². The van der Waals surface area contributed by atoms with Gasteiger partial charge in [0.05, 0.1) is 22.7 Å². The molecule has 6 aromatic rings. The van der Waals surface area contributed by atoms with Crippen LogP contribution < -0.4 is 19.6 Å². The summed E-state index contributed by atoms with van der Waals surface area (Å²) in [6.45, 7) is 4.34. The van der Waals surface area contributed by atoms with E-state index in [4.69, 9.17) is 0 Å². The molecule has 0 saturated heterocycles. The Morgan fingerprint density at radius 2 is 0.537 bits per heavy atom. The number of benzene rings is 6. The lowest BCUT2D eigenvalue weighted by Gasteiger charge is -2.27. The summed E-state index contributed by atoms with van der Waals surface area (Å²) in [6.07, 6.45) is 22.9. The van der Waals surface area contributed by atoms with E-state index < -0.39 is 0 Å². The molecule has 0 unspecified atom stereocenters. The Bertz CT molecular complexity index is 3310. The predicted molar refractivity (Wildman–Crippen MR) is 308 cm³/mol. The first-order valence-electron chi connectivity index (χ1n) is 27.7. The molecule has 4 aliphatic heterocycles. The molecule has 2 saturated carbocycles. The second-order valence-corrected chi connectivity index (χ2v) is 21.5. The van der Waals surface area contributed by atoms with Gasteiger partial charge in [0.25, 0.3) is 47.3 Å². The van der Waals surface area contributed by atoms with Crippen LogP contribution in [0.15, 0.2) is 182 Å². The van der Waals surface area contributed by atoms with E-state index in [1.54, 1.807) is 24.3 Å². The number of rotatable bonds is 12. The van der Waals surface area contributed by atoms with E-state index in [1.165, 1.54) is 150 Å². The minimum absolute atomic E-state index is 0.125. The smallest absolute Gasteiger partial charge is 0.258 e. The van der Waals surface area contributed by atoms with E-state index in [1.807, 2.05) is 72.8 Å². The Hall–Kier alpha value is -9.16. The number of amides is 8. The summed E-state index contributed by atoms with van der Waals surface area (Å²) in [5, 5.41) is 0. The Balaban J connectivity index is 0.000000169. The Morgan fingerprint density at radius 1 is 0.300 bits per heavy atom. The highest BCUT2D eigenvalue weighted by Gasteiger charge is 2.31. The molecular weight excluding hydrogens is 1000 g/mol. The van der Waals surface area contributed by atoms with Crippen molar-refractivity contribution in [2.24, 2.45) is 0 Å². The third-order valence-corrected chi connectivity index (χ3v) is 16.5. The highest BCUT2D eigenvalue weighted by molar-refractivity contribution is 6.30. The number of carbonyl (C=O) groups is 8. The van der Waals surface area contributed by atoms with Crippen molar-refractivity contribution in [1.29, 1.82) is 0 Å². The lowest BCUT2D eigenvalue weighted by Crippen LogP contribution is -2.29. The van der Waals surface area contributed by atoms with E-state index in [-0.39, 0.29) is 59.1 Å². The third-order valence-electron chi connectivity index (χ3n) is 16.5. The number of nitrogens with zero attached hydrogens (tertiary/aromatic N) is 4. The van der Waals surface area contributed by atoms with Crippen LogP contribution in [0.3, 0.4) is 0 Å². The molecule has 6 aromatic carbocycles. The molecule has 0 N–H and O–H groups in total. The van der Waals surface area contributed by atoms with Gasteiger partial charge < -0.3 is 0 Å². The van der Waals surface area contributed by atoms with Crippen molar-refractivity contribution in [3.05, 3.63) is 238 Å². The quantitative estimate of drug-likeness (QED) is 0.0868. The zero-order valence-corrected chi connectivity index (χ0v) is 44.8. The highest BCUT2D eigenvalue weighted by Crippen LogP contribution is 2.42. The number of carbonyl (C=O) groups excluding carboxylic acids is 8. The van der Waals surface area contributed by atoms with Crippen LogP contribution in [0.1, 0.15) is 144 Å². The van der Waals surface area contributed by atoms with E-state index >= 15 is 0 Å². The van der Waals surface area contributed by atoms with Gasteiger partial charge in [0.2, 0.25) is 0 Å². The molecule has 0 spiro atoms. The topological polar surface area (TPSA) is 150 Å². The Morgan fingerprint density at radius 3 is 0.812 bits per heavy atom. The molecule has 12 nitrogen and oxygen atoms in total. The highest BCUT2D eigenvalue weighted by atomic mass is 16.2. The fourth-order valence-electron chi connectivity index (χ4n) is 12.5. The number of hydrogen-bond acceptors (Lipinski definition) is 8. The molecule has 0 bridgehead atoms. The predicted octanol–water partition coefficient (Wildman–Crippen LogP) is 12.2. The molecule has 400 valence electrons. The van der Waals surface area contributed by atoms with Crippen molar-refractivity contribution in [2.75, 3.05) is 19.6 Å². The Kier molecular flexibility index (Phi) is 15.0. The van der Waals surface area contributed by atoms with Gasteiger partial charge in [0.15, 0.2) is 0 Å². The van der Waals surface area contributed by atoms with Crippen LogP contribution >= 0.6 is 0 Å². The number of imide groups is 4. The van der Waals surface area contributed by atoms with Crippen molar-refractivity contribution < 1.29 is 38.4 Å². The first kappa shape index (κ1) is 52.9. The van der Waals surface area contributed by atoms with Gasteiger partial charge in [0, 0.05) is 60.4 Å². The fraction of sp³-hybridized carbons (Fsp3) is 0.235. The van der Waals surface area contributed by atoms with Crippen LogP contribution in [-0.4, -0.2) is 47.3 Å². The first-order valence-corrected chi connectivity index (χ1v) is 27.7. The molecule has 2 aliphatic carbocycles. The van der Waals surface area contributed by atoms with Gasteiger partial charge in [-0.2, -0.15) is 0 Å². The molecule has 2 fully saturated rings. The summed E-state index contributed by atoms with van der Waals surface area (Å²) in [4.78, 5) is 102. The summed E-state index contributed by atoms with van der Waals surface area (Å²) >= 11 is 0. The number of hydrogen-bond donors (Lipinski definition) is 0. The zero-order chi connectivity index (χ0) is 55.6. The Labute approximate surface area is 465 Å². The van der Waals surface area contributed by atoms with Gasteiger partial charge in [-0.15, -0.1) is 0 Å². The van der Waals surface area contributed by atoms with Gasteiger partial charge in [-0.3, -0.25) is 38.4 Å².